The minimum absolute atomic E-state index is 0.0926. The molecule has 0 saturated heterocycles. The van der Waals surface area contributed by atoms with Crippen molar-refractivity contribution in [2.75, 3.05) is 11.9 Å². The molecular formula is C24H23ClN2O5. The Labute approximate surface area is 191 Å². The quantitative estimate of drug-likeness (QED) is 0.328. The number of nitrogens with one attached hydrogen (secondary N) is 1. The van der Waals surface area contributed by atoms with Crippen molar-refractivity contribution in [1.82, 2.24) is 0 Å². The summed E-state index contributed by atoms with van der Waals surface area (Å²) < 4.78 is 11.6. The molecule has 0 aliphatic rings. The van der Waals surface area contributed by atoms with Crippen molar-refractivity contribution in [3.05, 3.63) is 92.0 Å². The molecule has 3 rings (SSSR count). The van der Waals surface area contributed by atoms with Gasteiger partial charge in [0.15, 0.2) is 0 Å². The maximum atomic E-state index is 12.8. The van der Waals surface area contributed by atoms with Gasteiger partial charge < -0.3 is 14.8 Å². The van der Waals surface area contributed by atoms with Gasteiger partial charge in [0.1, 0.15) is 18.1 Å². The molecule has 0 saturated carbocycles. The van der Waals surface area contributed by atoms with Gasteiger partial charge in [-0.2, -0.15) is 0 Å². The molecule has 3 aromatic rings. The van der Waals surface area contributed by atoms with E-state index in [0.29, 0.717) is 39.9 Å². The van der Waals surface area contributed by atoms with Crippen molar-refractivity contribution in [3.63, 3.8) is 0 Å². The molecule has 0 bridgehead atoms. The molecular weight excluding hydrogens is 432 g/mol. The Morgan fingerprint density at radius 2 is 1.81 bits per heavy atom. The monoisotopic (exact) mass is 454 g/mol. The molecule has 0 unspecified atom stereocenters. The summed E-state index contributed by atoms with van der Waals surface area (Å²) in [5.74, 6) is 0.873. The number of amides is 1. The molecule has 8 heteroatoms. The number of hydrogen-bond donors (Lipinski definition) is 1. The molecule has 1 amide bonds. The highest BCUT2D eigenvalue weighted by atomic mass is 35.5. The zero-order chi connectivity index (χ0) is 23.3. The lowest BCUT2D eigenvalue weighted by molar-refractivity contribution is -0.384. The molecule has 0 atom stereocenters. The molecule has 32 heavy (non-hydrogen) atoms. The smallest absolute Gasteiger partial charge is 0.271 e. The molecule has 166 valence electrons. The number of ether oxygens (including phenoxy) is 2. The van der Waals surface area contributed by atoms with Gasteiger partial charge in [0.2, 0.25) is 0 Å². The number of carbonyl (C=O) groups is 1. The zero-order valence-corrected chi connectivity index (χ0v) is 18.7. The number of benzene rings is 3. The van der Waals surface area contributed by atoms with Crippen molar-refractivity contribution in [3.8, 4) is 11.5 Å². The Morgan fingerprint density at radius 3 is 2.50 bits per heavy atom. The van der Waals surface area contributed by atoms with E-state index in [1.807, 2.05) is 19.9 Å². The highest BCUT2D eigenvalue weighted by Crippen LogP contribution is 2.27. The van der Waals surface area contributed by atoms with Crippen LogP contribution in [0.5, 0.6) is 11.5 Å². The Hall–Kier alpha value is -3.58. The molecule has 0 spiro atoms. The fraction of sp³-hybridized carbons (Fsp3) is 0.208. The first-order valence-corrected chi connectivity index (χ1v) is 10.4. The molecule has 0 heterocycles. The first-order valence-electron chi connectivity index (χ1n) is 9.99. The molecule has 0 aliphatic heterocycles. The molecule has 1 N–H and O–H groups in total. The van der Waals surface area contributed by atoms with Crippen LogP contribution in [0.25, 0.3) is 0 Å². The topological polar surface area (TPSA) is 90.7 Å². The highest BCUT2D eigenvalue weighted by Gasteiger charge is 2.15. The number of aryl methyl sites for hydroxylation is 2. The average Bonchev–Trinajstić information content (AvgIpc) is 2.76. The van der Waals surface area contributed by atoms with E-state index < -0.39 is 4.92 Å². The van der Waals surface area contributed by atoms with Gasteiger partial charge in [-0.3, -0.25) is 14.9 Å². The highest BCUT2D eigenvalue weighted by molar-refractivity contribution is 6.31. The number of non-ortho nitro benzene ring substituents is 1. The van der Waals surface area contributed by atoms with E-state index in [1.165, 1.54) is 12.1 Å². The summed E-state index contributed by atoms with van der Waals surface area (Å²) >= 11 is 6.07. The van der Waals surface area contributed by atoms with Gasteiger partial charge in [-0.1, -0.05) is 17.7 Å². The Morgan fingerprint density at radius 1 is 1.03 bits per heavy atom. The molecule has 0 radical (unpaired) electrons. The largest absolute Gasteiger partial charge is 0.493 e. The predicted octanol–water partition coefficient (Wildman–Crippen LogP) is 6.10. The zero-order valence-electron chi connectivity index (χ0n) is 18.0. The van der Waals surface area contributed by atoms with E-state index in [0.717, 1.165) is 11.1 Å². The summed E-state index contributed by atoms with van der Waals surface area (Å²) in [5.41, 5.74) is 2.98. The van der Waals surface area contributed by atoms with Crippen LogP contribution in [0.4, 0.5) is 11.4 Å². The van der Waals surface area contributed by atoms with Crippen molar-refractivity contribution in [2.24, 2.45) is 0 Å². The Kier molecular flexibility index (Phi) is 7.33. The fourth-order valence-corrected chi connectivity index (χ4v) is 3.17. The van der Waals surface area contributed by atoms with Crippen molar-refractivity contribution >= 4 is 28.9 Å². The summed E-state index contributed by atoms with van der Waals surface area (Å²) in [6, 6.07) is 14.8. The van der Waals surface area contributed by atoms with Crippen LogP contribution in [-0.4, -0.2) is 17.4 Å². The van der Waals surface area contributed by atoms with Crippen molar-refractivity contribution in [2.45, 2.75) is 27.4 Å². The Balaban J connectivity index is 1.82. The van der Waals surface area contributed by atoms with E-state index in [9.17, 15) is 14.9 Å². The van der Waals surface area contributed by atoms with Gasteiger partial charge in [-0.15, -0.1) is 0 Å². The summed E-state index contributed by atoms with van der Waals surface area (Å²) in [6.07, 6.45) is 0. The van der Waals surface area contributed by atoms with Gasteiger partial charge in [-0.05, 0) is 68.3 Å². The van der Waals surface area contributed by atoms with E-state index in [4.69, 9.17) is 21.1 Å². The van der Waals surface area contributed by atoms with Gasteiger partial charge in [0, 0.05) is 28.3 Å². The normalized spacial score (nSPS) is 10.5. The van der Waals surface area contributed by atoms with Gasteiger partial charge in [0.05, 0.1) is 17.2 Å². The fourth-order valence-electron chi connectivity index (χ4n) is 3.05. The second-order valence-corrected chi connectivity index (χ2v) is 7.57. The second kappa shape index (κ2) is 10.2. The van der Waals surface area contributed by atoms with Crippen LogP contribution in [-0.2, 0) is 6.61 Å². The summed E-state index contributed by atoms with van der Waals surface area (Å²) in [5, 5.41) is 14.5. The predicted molar refractivity (Wildman–Crippen MR) is 124 cm³/mol. The second-order valence-electron chi connectivity index (χ2n) is 7.17. The van der Waals surface area contributed by atoms with E-state index in [2.05, 4.69) is 5.32 Å². The van der Waals surface area contributed by atoms with Crippen LogP contribution in [0.3, 0.4) is 0 Å². The summed E-state index contributed by atoms with van der Waals surface area (Å²) in [7, 11) is 0. The first kappa shape index (κ1) is 23.1. The Bertz CT molecular complexity index is 1160. The maximum Gasteiger partial charge on any atom is 0.271 e. The summed E-state index contributed by atoms with van der Waals surface area (Å²) in [6.45, 7) is 6.18. The lowest BCUT2D eigenvalue weighted by atomic mass is 10.1. The van der Waals surface area contributed by atoms with E-state index in [-0.39, 0.29) is 18.2 Å². The third-order valence-electron chi connectivity index (χ3n) is 4.83. The number of halogens is 1. The van der Waals surface area contributed by atoms with Gasteiger partial charge >= 0.3 is 0 Å². The first-order chi connectivity index (χ1) is 15.3. The van der Waals surface area contributed by atoms with Crippen LogP contribution >= 0.6 is 11.6 Å². The molecule has 7 nitrogen and oxygen atoms in total. The van der Waals surface area contributed by atoms with Crippen LogP contribution in [0, 0.1) is 24.0 Å². The third kappa shape index (κ3) is 5.56. The number of rotatable bonds is 8. The third-order valence-corrected chi connectivity index (χ3v) is 5.25. The number of anilines is 1. The van der Waals surface area contributed by atoms with Crippen LogP contribution in [0.2, 0.25) is 5.02 Å². The number of nitro benzene ring substituents is 1. The van der Waals surface area contributed by atoms with Crippen molar-refractivity contribution < 1.29 is 19.2 Å². The van der Waals surface area contributed by atoms with Crippen LogP contribution in [0.1, 0.15) is 34.0 Å². The summed E-state index contributed by atoms with van der Waals surface area (Å²) in [4.78, 5) is 23.4. The van der Waals surface area contributed by atoms with Gasteiger partial charge in [0.25, 0.3) is 11.6 Å². The van der Waals surface area contributed by atoms with Crippen LogP contribution in [0.15, 0.2) is 54.6 Å². The van der Waals surface area contributed by atoms with E-state index >= 15 is 0 Å². The van der Waals surface area contributed by atoms with E-state index in [1.54, 1.807) is 43.3 Å². The molecule has 3 aromatic carbocycles. The minimum atomic E-state index is -0.500. The molecule has 0 fully saturated rings. The number of nitro groups is 1. The van der Waals surface area contributed by atoms with Crippen molar-refractivity contribution in [1.29, 1.82) is 0 Å². The van der Waals surface area contributed by atoms with Crippen LogP contribution < -0.4 is 14.8 Å². The number of carbonyl (C=O) groups excluding carboxylic acids is 1. The lowest BCUT2D eigenvalue weighted by Gasteiger charge is -2.14. The molecule has 0 aromatic heterocycles. The number of hydrogen-bond acceptors (Lipinski definition) is 5. The maximum absolute atomic E-state index is 12.8. The SMILES string of the molecule is CCOc1ccc(C(=O)Nc2cc([N+](=O)[O-])ccc2C)cc1COc1ccc(Cl)c(C)c1. The van der Waals surface area contributed by atoms with Gasteiger partial charge in [-0.25, -0.2) is 0 Å². The average molecular weight is 455 g/mol. The standard InChI is InChI=1S/C24H23ClN2O5/c1-4-31-23-10-6-17(12-18(23)14-32-20-8-9-21(25)16(3)11-20)24(28)26-22-13-19(27(29)30)7-5-15(22)2/h5-13H,4,14H2,1-3H3,(H,26,28). The number of nitrogens with zero attached hydrogens (tertiary/aromatic N) is 1. The molecule has 0 aliphatic carbocycles. The minimum Gasteiger partial charge on any atom is -0.493 e. The lowest BCUT2D eigenvalue weighted by Crippen LogP contribution is -2.14.